The standard InChI is InChI=1S/C11H16O2/c1-3-5-9-6-7-10(13-4-2)8-11(9)12/h3,8-9H,1,4-7H2,2H3/t9-/m1/s1. The zero-order valence-corrected chi connectivity index (χ0v) is 8.08. The van der Waals surface area contributed by atoms with Gasteiger partial charge in [-0.1, -0.05) is 6.08 Å². The highest BCUT2D eigenvalue weighted by atomic mass is 16.5. The van der Waals surface area contributed by atoms with E-state index in [1.165, 1.54) is 0 Å². The van der Waals surface area contributed by atoms with Gasteiger partial charge in [0, 0.05) is 18.4 Å². The molecular formula is C11H16O2. The molecular weight excluding hydrogens is 164 g/mol. The molecule has 0 saturated carbocycles. The van der Waals surface area contributed by atoms with Gasteiger partial charge in [0.25, 0.3) is 0 Å². The quantitative estimate of drug-likeness (QED) is 0.621. The summed E-state index contributed by atoms with van der Waals surface area (Å²) in [6, 6.07) is 0. The van der Waals surface area contributed by atoms with Gasteiger partial charge in [-0.3, -0.25) is 4.79 Å². The Morgan fingerprint density at radius 2 is 2.54 bits per heavy atom. The molecule has 1 atom stereocenters. The predicted molar refractivity (Wildman–Crippen MR) is 52.3 cm³/mol. The van der Waals surface area contributed by atoms with E-state index in [2.05, 4.69) is 6.58 Å². The van der Waals surface area contributed by atoms with Crippen molar-refractivity contribution < 1.29 is 9.53 Å². The molecule has 2 nitrogen and oxygen atoms in total. The van der Waals surface area contributed by atoms with Crippen LogP contribution in [-0.4, -0.2) is 12.4 Å². The van der Waals surface area contributed by atoms with Crippen molar-refractivity contribution in [3.05, 3.63) is 24.5 Å². The van der Waals surface area contributed by atoms with Gasteiger partial charge in [0.1, 0.15) is 0 Å². The van der Waals surface area contributed by atoms with Gasteiger partial charge < -0.3 is 4.74 Å². The highest BCUT2D eigenvalue weighted by Crippen LogP contribution is 2.24. The molecule has 2 heteroatoms. The van der Waals surface area contributed by atoms with Crippen molar-refractivity contribution in [1.29, 1.82) is 0 Å². The number of ketones is 1. The maximum atomic E-state index is 11.5. The Morgan fingerprint density at radius 1 is 1.77 bits per heavy atom. The van der Waals surface area contributed by atoms with Gasteiger partial charge in [-0.15, -0.1) is 6.58 Å². The second-order valence-corrected chi connectivity index (χ2v) is 3.21. The zero-order chi connectivity index (χ0) is 9.68. The van der Waals surface area contributed by atoms with E-state index >= 15 is 0 Å². The summed E-state index contributed by atoms with van der Waals surface area (Å²) in [7, 11) is 0. The van der Waals surface area contributed by atoms with Crippen LogP contribution in [0, 0.1) is 5.92 Å². The fourth-order valence-electron chi connectivity index (χ4n) is 1.54. The normalized spacial score (nSPS) is 22.4. The lowest BCUT2D eigenvalue weighted by molar-refractivity contribution is -0.119. The minimum Gasteiger partial charge on any atom is -0.498 e. The van der Waals surface area contributed by atoms with Crippen molar-refractivity contribution in [2.24, 2.45) is 5.92 Å². The molecule has 0 aromatic carbocycles. The topological polar surface area (TPSA) is 26.3 Å². The zero-order valence-electron chi connectivity index (χ0n) is 8.08. The van der Waals surface area contributed by atoms with E-state index in [1.807, 2.05) is 13.0 Å². The number of ether oxygens (including phenoxy) is 1. The van der Waals surface area contributed by atoms with Crippen molar-refractivity contribution in [3.8, 4) is 0 Å². The first-order valence-corrected chi connectivity index (χ1v) is 4.76. The fraction of sp³-hybridized carbons (Fsp3) is 0.545. The fourth-order valence-corrected chi connectivity index (χ4v) is 1.54. The van der Waals surface area contributed by atoms with Crippen molar-refractivity contribution in [1.82, 2.24) is 0 Å². The summed E-state index contributed by atoms with van der Waals surface area (Å²) in [6.45, 7) is 6.22. The lowest BCUT2D eigenvalue weighted by Gasteiger charge is -2.19. The second kappa shape index (κ2) is 4.85. The monoisotopic (exact) mass is 180 g/mol. The maximum absolute atomic E-state index is 11.5. The Balaban J connectivity index is 2.55. The van der Waals surface area contributed by atoms with Gasteiger partial charge >= 0.3 is 0 Å². The molecule has 0 bridgehead atoms. The minimum atomic E-state index is 0.140. The van der Waals surface area contributed by atoms with Crippen LogP contribution in [-0.2, 0) is 9.53 Å². The van der Waals surface area contributed by atoms with Crippen molar-refractivity contribution in [3.63, 3.8) is 0 Å². The highest BCUT2D eigenvalue weighted by molar-refractivity contribution is 5.93. The van der Waals surface area contributed by atoms with E-state index in [0.29, 0.717) is 6.61 Å². The second-order valence-electron chi connectivity index (χ2n) is 3.21. The lowest BCUT2D eigenvalue weighted by Crippen LogP contribution is -2.17. The average molecular weight is 180 g/mol. The van der Waals surface area contributed by atoms with Crippen LogP contribution in [0.5, 0.6) is 0 Å². The Hall–Kier alpha value is -1.05. The van der Waals surface area contributed by atoms with Gasteiger partial charge in [-0.05, 0) is 19.8 Å². The van der Waals surface area contributed by atoms with Crippen molar-refractivity contribution in [2.45, 2.75) is 26.2 Å². The largest absolute Gasteiger partial charge is 0.498 e. The molecule has 0 unspecified atom stereocenters. The highest BCUT2D eigenvalue weighted by Gasteiger charge is 2.21. The van der Waals surface area contributed by atoms with Crippen molar-refractivity contribution >= 4 is 5.78 Å². The number of rotatable bonds is 4. The minimum absolute atomic E-state index is 0.140. The Morgan fingerprint density at radius 3 is 3.08 bits per heavy atom. The Labute approximate surface area is 79.3 Å². The molecule has 1 rings (SSSR count). The summed E-state index contributed by atoms with van der Waals surface area (Å²) in [5.74, 6) is 1.17. The molecule has 0 saturated heterocycles. The average Bonchev–Trinajstić information content (AvgIpc) is 2.10. The van der Waals surface area contributed by atoms with Gasteiger partial charge in [0.15, 0.2) is 5.78 Å². The summed E-state index contributed by atoms with van der Waals surface area (Å²) in [5.41, 5.74) is 0. The maximum Gasteiger partial charge on any atom is 0.162 e. The third-order valence-corrected chi connectivity index (χ3v) is 2.23. The molecule has 0 amide bonds. The molecule has 0 fully saturated rings. The van der Waals surface area contributed by atoms with Crippen LogP contribution in [0.4, 0.5) is 0 Å². The van der Waals surface area contributed by atoms with Crippen LogP contribution in [0.2, 0.25) is 0 Å². The molecule has 0 aliphatic heterocycles. The van der Waals surface area contributed by atoms with E-state index < -0.39 is 0 Å². The Bertz CT molecular complexity index is 228. The Kier molecular flexibility index (Phi) is 3.74. The number of allylic oxidation sites excluding steroid dienone is 3. The summed E-state index contributed by atoms with van der Waals surface area (Å²) >= 11 is 0. The van der Waals surface area contributed by atoms with Crippen LogP contribution < -0.4 is 0 Å². The molecule has 0 spiro atoms. The molecule has 0 aromatic rings. The van der Waals surface area contributed by atoms with Gasteiger partial charge in [-0.2, -0.15) is 0 Å². The van der Waals surface area contributed by atoms with Crippen molar-refractivity contribution in [2.75, 3.05) is 6.61 Å². The van der Waals surface area contributed by atoms with E-state index in [0.717, 1.165) is 25.0 Å². The van der Waals surface area contributed by atoms with Gasteiger partial charge in [-0.25, -0.2) is 0 Å². The molecule has 72 valence electrons. The van der Waals surface area contributed by atoms with Crippen LogP contribution in [0.15, 0.2) is 24.5 Å². The van der Waals surface area contributed by atoms with E-state index in [-0.39, 0.29) is 11.7 Å². The molecule has 1 aliphatic rings. The SMILES string of the molecule is C=CC[C@@H]1CCC(OCC)=CC1=O. The third kappa shape index (κ3) is 2.72. The van der Waals surface area contributed by atoms with E-state index in [4.69, 9.17) is 4.74 Å². The summed E-state index contributed by atoms with van der Waals surface area (Å²) < 4.78 is 5.29. The van der Waals surface area contributed by atoms with E-state index in [1.54, 1.807) is 6.08 Å². The number of hydrogen-bond donors (Lipinski definition) is 0. The molecule has 0 N–H and O–H groups in total. The van der Waals surface area contributed by atoms with Crippen LogP contribution >= 0.6 is 0 Å². The van der Waals surface area contributed by atoms with E-state index in [9.17, 15) is 4.79 Å². The van der Waals surface area contributed by atoms with Gasteiger partial charge in [0.2, 0.25) is 0 Å². The van der Waals surface area contributed by atoms with Crippen LogP contribution in [0.1, 0.15) is 26.2 Å². The first-order chi connectivity index (χ1) is 6.27. The first-order valence-electron chi connectivity index (χ1n) is 4.76. The summed E-state index contributed by atoms with van der Waals surface area (Å²) in [4.78, 5) is 11.5. The smallest absolute Gasteiger partial charge is 0.162 e. The lowest BCUT2D eigenvalue weighted by atomic mass is 9.89. The number of carbonyl (C=O) groups is 1. The molecule has 13 heavy (non-hydrogen) atoms. The summed E-state index contributed by atoms with van der Waals surface area (Å²) in [5, 5.41) is 0. The molecule has 0 radical (unpaired) electrons. The molecule has 0 heterocycles. The predicted octanol–water partition coefficient (Wildman–Crippen LogP) is 2.46. The number of carbonyl (C=O) groups excluding carboxylic acids is 1. The molecule has 1 aliphatic carbocycles. The first kappa shape index (κ1) is 10.0. The number of hydrogen-bond acceptors (Lipinski definition) is 2. The third-order valence-electron chi connectivity index (χ3n) is 2.23. The van der Waals surface area contributed by atoms with Crippen LogP contribution in [0.25, 0.3) is 0 Å². The summed E-state index contributed by atoms with van der Waals surface area (Å²) in [6.07, 6.45) is 6.02. The van der Waals surface area contributed by atoms with Crippen LogP contribution in [0.3, 0.4) is 0 Å². The van der Waals surface area contributed by atoms with Gasteiger partial charge in [0.05, 0.1) is 12.4 Å². The molecule has 0 aromatic heterocycles.